The van der Waals surface area contributed by atoms with Gasteiger partial charge in [0.1, 0.15) is 0 Å². The minimum absolute atomic E-state index is 0.0529. The maximum atomic E-state index is 12.4. The number of carbonyl (C=O) groups excluding carboxylic acids is 1. The predicted octanol–water partition coefficient (Wildman–Crippen LogP) is 1.54. The van der Waals surface area contributed by atoms with Gasteiger partial charge < -0.3 is 15.4 Å². The van der Waals surface area contributed by atoms with E-state index in [0.717, 1.165) is 5.56 Å². The van der Waals surface area contributed by atoms with E-state index in [1.165, 1.54) is 0 Å². The van der Waals surface area contributed by atoms with Crippen molar-refractivity contribution in [2.45, 2.75) is 25.9 Å². The van der Waals surface area contributed by atoms with Gasteiger partial charge in [-0.05, 0) is 19.4 Å². The van der Waals surface area contributed by atoms with E-state index in [9.17, 15) is 4.79 Å². The van der Waals surface area contributed by atoms with Crippen LogP contribution in [0.4, 0.5) is 11.9 Å². The highest BCUT2D eigenvalue weighted by Crippen LogP contribution is 2.24. The lowest BCUT2D eigenvalue weighted by Gasteiger charge is -2.23. The maximum absolute atomic E-state index is 12.4. The summed E-state index contributed by atoms with van der Waals surface area (Å²) in [5, 5.41) is 0. The highest BCUT2D eigenvalue weighted by Gasteiger charge is 2.31. The van der Waals surface area contributed by atoms with Crippen LogP contribution < -0.4 is 10.6 Å². The molecule has 0 saturated heterocycles. The van der Waals surface area contributed by atoms with Crippen molar-refractivity contribution in [3.8, 4) is 0 Å². The molecule has 0 atom stereocenters. The zero-order chi connectivity index (χ0) is 17.0. The van der Waals surface area contributed by atoms with Crippen LogP contribution in [-0.4, -0.2) is 35.0 Å². The molecule has 0 unspecified atom stereocenters. The first-order chi connectivity index (χ1) is 10.8. The number of hydrogen-bond donors (Lipinski definition) is 1. The van der Waals surface area contributed by atoms with Gasteiger partial charge in [0.25, 0.3) is 0 Å². The fraction of sp³-hybridized carbons (Fsp3) is 0.375. The Hall–Kier alpha value is -2.70. The normalized spacial score (nSPS) is 11.1. The average molecular weight is 315 g/mol. The monoisotopic (exact) mass is 315 g/mol. The maximum Gasteiger partial charge on any atom is 0.316 e. The third-order valence-electron chi connectivity index (χ3n) is 3.43. The van der Waals surface area contributed by atoms with Crippen LogP contribution in [-0.2, 0) is 21.6 Å². The van der Waals surface area contributed by atoms with Crippen molar-refractivity contribution in [1.82, 2.24) is 15.0 Å². The first kappa shape index (κ1) is 16.7. The first-order valence-electron chi connectivity index (χ1n) is 7.21. The molecule has 122 valence electrons. The number of benzene rings is 1. The van der Waals surface area contributed by atoms with Crippen LogP contribution in [0.25, 0.3) is 0 Å². The second kappa shape index (κ2) is 6.60. The van der Waals surface area contributed by atoms with E-state index in [1.807, 2.05) is 44.2 Å². The largest absolute Gasteiger partial charge is 0.457 e. The van der Waals surface area contributed by atoms with Gasteiger partial charge in [-0.25, -0.2) is 0 Å². The molecule has 23 heavy (non-hydrogen) atoms. The second-order valence-electron chi connectivity index (χ2n) is 5.87. The Labute approximate surface area is 135 Å². The van der Waals surface area contributed by atoms with Gasteiger partial charge in [-0.3, -0.25) is 4.79 Å². The van der Waals surface area contributed by atoms with Crippen molar-refractivity contribution in [3.63, 3.8) is 0 Å². The summed E-state index contributed by atoms with van der Waals surface area (Å²) in [5.74, 6) is 0.482. The molecule has 2 rings (SSSR count). The lowest BCUT2D eigenvalue weighted by Crippen LogP contribution is -2.31. The third kappa shape index (κ3) is 3.94. The van der Waals surface area contributed by atoms with Gasteiger partial charge in [0.05, 0.1) is 5.41 Å². The average Bonchev–Trinajstić information content (AvgIpc) is 2.52. The van der Waals surface area contributed by atoms with Crippen molar-refractivity contribution in [3.05, 3.63) is 41.7 Å². The number of carbonyl (C=O) groups is 1. The number of nitrogens with zero attached hydrogens (tertiary/aromatic N) is 4. The van der Waals surface area contributed by atoms with E-state index >= 15 is 0 Å². The lowest BCUT2D eigenvalue weighted by molar-refractivity contribution is -0.151. The van der Waals surface area contributed by atoms with Crippen molar-refractivity contribution < 1.29 is 9.53 Å². The van der Waals surface area contributed by atoms with Gasteiger partial charge in [0.15, 0.2) is 12.4 Å². The molecule has 1 aromatic heterocycles. The highest BCUT2D eigenvalue weighted by molar-refractivity contribution is 5.82. The summed E-state index contributed by atoms with van der Waals surface area (Å²) in [5.41, 5.74) is 5.77. The van der Waals surface area contributed by atoms with Gasteiger partial charge in [-0.15, -0.1) is 0 Å². The summed E-state index contributed by atoms with van der Waals surface area (Å²) in [6.45, 7) is 3.58. The topological polar surface area (TPSA) is 94.2 Å². The number of ether oxygens (including phenoxy) is 1. The van der Waals surface area contributed by atoms with Crippen molar-refractivity contribution >= 4 is 17.9 Å². The molecule has 0 aliphatic rings. The van der Waals surface area contributed by atoms with Crippen LogP contribution in [0.1, 0.15) is 25.2 Å². The fourth-order valence-corrected chi connectivity index (χ4v) is 1.97. The summed E-state index contributed by atoms with van der Waals surface area (Å²) < 4.78 is 5.37. The van der Waals surface area contributed by atoms with Gasteiger partial charge in [-0.1, -0.05) is 30.3 Å². The quantitative estimate of drug-likeness (QED) is 0.836. The molecule has 0 bridgehead atoms. The first-order valence-corrected chi connectivity index (χ1v) is 7.21. The molecule has 0 spiro atoms. The standard InChI is InChI=1S/C16H21N5O2/c1-16(2,11-8-6-5-7-9-11)13(22)23-10-12-18-14(17)20-15(19-12)21(3)4/h5-9H,10H2,1-4H3,(H2,17,18,19,20). The zero-order valence-electron chi connectivity index (χ0n) is 13.8. The predicted molar refractivity (Wildman–Crippen MR) is 87.8 cm³/mol. The molecule has 1 aromatic carbocycles. The Bertz CT molecular complexity index is 686. The summed E-state index contributed by atoms with van der Waals surface area (Å²) in [6, 6.07) is 9.47. The molecule has 0 aliphatic carbocycles. The van der Waals surface area contributed by atoms with E-state index in [4.69, 9.17) is 10.5 Å². The van der Waals surface area contributed by atoms with Gasteiger partial charge in [0.2, 0.25) is 11.9 Å². The van der Waals surface area contributed by atoms with Gasteiger partial charge >= 0.3 is 5.97 Å². The Morgan fingerprint density at radius 2 is 1.83 bits per heavy atom. The summed E-state index contributed by atoms with van der Waals surface area (Å²) in [7, 11) is 3.59. The summed E-state index contributed by atoms with van der Waals surface area (Å²) in [6.07, 6.45) is 0. The molecule has 0 amide bonds. The summed E-state index contributed by atoms with van der Waals surface area (Å²) in [4.78, 5) is 26.3. The molecule has 0 saturated carbocycles. The summed E-state index contributed by atoms with van der Waals surface area (Å²) >= 11 is 0. The number of aromatic nitrogens is 3. The van der Waals surface area contributed by atoms with Crippen molar-refractivity contribution in [2.75, 3.05) is 24.7 Å². The smallest absolute Gasteiger partial charge is 0.316 e. The van der Waals surface area contributed by atoms with Crippen LogP contribution in [0.5, 0.6) is 0 Å². The molecule has 7 nitrogen and oxygen atoms in total. The van der Waals surface area contributed by atoms with Crippen LogP contribution in [0.15, 0.2) is 30.3 Å². The fourth-order valence-electron chi connectivity index (χ4n) is 1.97. The molecular weight excluding hydrogens is 294 g/mol. The molecule has 0 fully saturated rings. The zero-order valence-corrected chi connectivity index (χ0v) is 13.8. The molecule has 2 aromatic rings. The molecule has 1 heterocycles. The lowest BCUT2D eigenvalue weighted by atomic mass is 9.85. The van der Waals surface area contributed by atoms with E-state index < -0.39 is 5.41 Å². The number of nitrogen functional groups attached to an aromatic ring is 1. The minimum Gasteiger partial charge on any atom is -0.457 e. The van der Waals surface area contributed by atoms with Crippen molar-refractivity contribution in [1.29, 1.82) is 0 Å². The number of rotatable bonds is 5. The third-order valence-corrected chi connectivity index (χ3v) is 3.43. The van der Waals surface area contributed by atoms with Gasteiger partial charge in [-0.2, -0.15) is 15.0 Å². The molecule has 7 heteroatoms. The van der Waals surface area contributed by atoms with Crippen LogP contribution in [0.3, 0.4) is 0 Å². The van der Waals surface area contributed by atoms with Crippen LogP contribution in [0.2, 0.25) is 0 Å². The van der Waals surface area contributed by atoms with E-state index in [-0.39, 0.29) is 18.5 Å². The Kier molecular flexibility index (Phi) is 4.78. The van der Waals surface area contributed by atoms with E-state index in [1.54, 1.807) is 19.0 Å². The van der Waals surface area contributed by atoms with E-state index in [2.05, 4.69) is 15.0 Å². The number of anilines is 2. The number of hydrogen-bond acceptors (Lipinski definition) is 7. The number of esters is 1. The highest BCUT2D eigenvalue weighted by atomic mass is 16.5. The molecule has 0 aliphatic heterocycles. The van der Waals surface area contributed by atoms with Crippen molar-refractivity contribution in [2.24, 2.45) is 0 Å². The Morgan fingerprint density at radius 1 is 1.17 bits per heavy atom. The Morgan fingerprint density at radius 3 is 2.43 bits per heavy atom. The molecule has 2 N–H and O–H groups in total. The van der Waals surface area contributed by atoms with E-state index in [0.29, 0.717) is 11.8 Å². The second-order valence-corrected chi connectivity index (χ2v) is 5.87. The van der Waals surface area contributed by atoms with Crippen LogP contribution in [0, 0.1) is 0 Å². The molecular formula is C16H21N5O2. The Balaban J connectivity index is 2.10. The minimum atomic E-state index is -0.760. The van der Waals surface area contributed by atoms with Crippen LogP contribution >= 0.6 is 0 Å². The number of nitrogens with two attached hydrogens (primary N) is 1. The van der Waals surface area contributed by atoms with Gasteiger partial charge in [0, 0.05) is 14.1 Å². The molecule has 0 radical (unpaired) electrons. The SMILES string of the molecule is CN(C)c1nc(N)nc(COC(=O)C(C)(C)c2ccccc2)n1.